The summed E-state index contributed by atoms with van der Waals surface area (Å²) in [6.07, 6.45) is 4.21. The first-order valence-corrected chi connectivity index (χ1v) is 30.5. The van der Waals surface area contributed by atoms with Crippen molar-refractivity contribution in [1.82, 2.24) is 39.9 Å². The summed E-state index contributed by atoms with van der Waals surface area (Å²) in [4.78, 5) is 40.5. The quantitative estimate of drug-likeness (QED) is 0.0837. The zero-order chi connectivity index (χ0) is 58.2. The molecule has 0 amide bonds. The Bertz CT molecular complexity index is 3940. The van der Waals surface area contributed by atoms with Gasteiger partial charge in [0.2, 0.25) is 0 Å². The number of nitrogens with zero attached hydrogens (tertiary/aromatic N) is 6. The lowest BCUT2D eigenvalue weighted by Crippen LogP contribution is -2.27. The summed E-state index contributed by atoms with van der Waals surface area (Å²) in [5.41, 5.74) is 13.0. The molecule has 84 heavy (non-hydrogen) atoms. The van der Waals surface area contributed by atoms with Crippen molar-refractivity contribution in [3.05, 3.63) is 130 Å². The third-order valence-electron chi connectivity index (χ3n) is 17.5. The molecule has 9 aromatic rings. The highest BCUT2D eigenvalue weighted by molar-refractivity contribution is 6.08. The normalized spacial score (nSPS) is 16.6. The molecule has 14 heteroatoms. The summed E-state index contributed by atoms with van der Waals surface area (Å²) in [6, 6.07) is 34.6. The maximum atomic E-state index is 6.72. The van der Waals surface area contributed by atoms with Crippen molar-refractivity contribution in [2.75, 3.05) is 0 Å². The molecule has 2 aliphatic heterocycles. The molecule has 3 aliphatic carbocycles. The van der Waals surface area contributed by atoms with Crippen LogP contribution in [0.2, 0.25) is 0 Å². The van der Waals surface area contributed by atoms with Crippen LogP contribution in [0.25, 0.3) is 89.7 Å². The summed E-state index contributed by atoms with van der Waals surface area (Å²) in [7, 11) is 0. The van der Waals surface area contributed by atoms with Gasteiger partial charge in [-0.2, -0.15) is 0 Å². The van der Waals surface area contributed by atoms with Crippen LogP contribution in [0.5, 0.6) is 34.5 Å². The van der Waals surface area contributed by atoms with Crippen LogP contribution >= 0.6 is 0 Å². The number of H-pyrrole nitrogens is 2. The van der Waals surface area contributed by atoms with E-state index in [2.05, 4.69) is 154 Å². The molecule has 14 rings (SSSR count). The van der Waals surface area contributed by atoms with Gasteiger partial charge in [0.25, 0.3) is 0 Å². The van der Waals surface area contributed by atoms with Crippen molar-refractivity contribution in [1.29, 1.82) is 0 Å². The second kappa shape index (κ2) is 21.9. The number of ether oxygens (including phenoxy) is 6. The summed E-state index contributed by atoms with van der Waals surface area (Å²) in [6.45, 7) is 25.1. The number of rotatable bonds is 18. The summed E-state index contributed by atoms with van der Waals surface area (Å²) in [5, 5.41) is 3.30. The van der Waals surface area contributed by atoms with Crippen molar-refractivity contribution >= 4 is 44.1 Å². The Balaban J connectivity index is 1.17. The average Bonchev–Trinajstić information content (AvgIpc) is 1.04. The highest BCUT2D eigenvalue weighted by Gasteiger charge is 2.42. The molecule has 0 saturated carbocycles. The number of benzene rings is 6. The van der Waals surface area contributed by atoms with Crippen molar-refractivity contribution in [3.8, 4) is 80.0 Å². The van der Waals surface area contributed by atoms with Gasteiger partial charge < -0.3 is 38.4 Å². The molecule has 0 radical (unpaired) electrons. The number of nitrogens with one attached hydrogen (secondary N) is 2. The van der Waals surface area contributed by atoms with E-state index in [0.29, 0.717) is 80.4 Å². The third kappa shape index (κ3) is 9.51. The van der Waals surface area contributed by atoms with Gasteiger partial charge in [0.05, 0.1) is 36.6 Å². The largest absolute Gasteiger partial charge is 0.487 e. The zero-order valence-corrected chi connectivity index (χ0v) is 50.2. The summed E-state index contributed by atoms with van der Waals surface area (Å²) < 4.78 is 40.2. The molecule has 5 aliphatic rings. The minimum atomic E-state index is -0.0971. The fraction of sp³-hybridized carbons (Fsp3) is 0.371. The van der Waals surface area contributed by atoms with Crippen molar-refractivity contribution in [2.45, 2.75) is 170 Å². The van der Waals surface area contributed by atoms with Crippen LogP contribution < -0.4 is 28.4 Å². The fourth-order valence-electron chi connectivity index (χ4n) is 11.8. The van der Waals surface area contributed by atoms with Gasteiger partial charge in [0.1, 0.15) is 22.6 Å². The van der Waals surface area contributed by atoms with E-state index in [1.54, 1.807) is 0 Å². The van der Waals surface area contributed by atoms with Crippen LogP contribution in [0, 0.1) is 0 Å². The van der Waals surface area contributed by atoms with Gasteiger partial charge in [-0.15, -0.1) is 0 Å². The standard InChI is InChI=1S/C70H74N8O6/c1-13-35(7)79-55-29-49-51(31-57(55)81-37(9)15-3)67-74-65(49)72-63-47-27-45-46(62-43-25-21-19-23-41(43)61(45)42-24-20-22-26-44(42)62)28-48(47)64(71-63)73-66-50-30-56(80-36(8)14-2)58(82-38(10)16-4)32-52(50)68(75-66)77-70-54-34-60(84-40(12)18-6)59(83-39(11)17-5)33-53(54)69(76-67)78-70/h19-40,61-62H,13-18H2,1-12H3,(H2,71,72,73,74,75,76,77,78). The van der Waals surface area contributed by atoms with E-state index < -0.39 is 0 Å². The van der Waals surface area contributed by atoms with E-state index in [-0.39, 0.29) is 48.5 Å². The Hall–Kier alpha value is -8.52. The Morgan fingerprint density at radius 3 is 0.774 bits per heavy atom. The third-order valence-corrected chi connectivity index (χ3v) is 17.5. The molecule has 0 fully saturated rings. The van der Waals surface area contributed by atoms with E-state index in [4.69, 9.17) is 58.3 Å². The lowest BCUT2D eigenvalue weighted by molar-refractivity contribution is 0.177. The van der Waals surface area contributed by atoms with Gasteiger partial charge in [-0.1, -0.05) is 90.1 Å². The van der Waals surface area contributed by atoms with Crippen molar-refractivity contribution in [2.24, 2.45) is 0 Å². The van der Waals surface area contributed by atoms with Crippen molar-refractivity contribution in [3.63, 3.8) is 0 Å². The lowest BCUT2D eigenvalue weighted by atomic mass is 9.61. The first-order chi connectivity index (χ1) is 40.8. The zero-order valence-electron chi connectivity index (χ0n) is 50.2. The number of aromatic amines is 2. The van der Waals surface area contributed by atoms with Gasteiger partial charge in [-0.05, 0) is 162 Å². The molecule has 6 unspecified atom stereocenters. The Morgan fingerprint density at radius 1 is 0.310 bits per heavy atom. The Labute approximate surface area is 490 Å². The number of fused-ring (bicyclic) bond motifs is 20. The van der Waals surface area contributed by atoms with E-state index in [1.807, 2.05) is 36.4 Å². The number of aromatic nitrogens is 8. The SMILES string of the molecule is CCC(C)Oc1cc2c(cc1OC(C)CC)-c1nc-2nc2[nH]c(nc3nc(nc4[nH]c(n1)c1cc5c(cc41)C1c4ccccc4C5c4ccccc41)-c1cc(OC(C)CC)c(OC(C)CC)cc1-3)c1cc(OC(C)CC)c(OC(C)CC)cc21. The summed E-state index contributed by atoms with van der Waals surface area (Å²) in [5.74, 6) is 5.46. The Kier molecular flexibility index (Phi) is 14.3. The van der Waals surface area contributed by atoms with E-state index >= 15 is 0 Å². The predicted octanol–water partition coefficient (Wildman–Crippen LogP) is 16.9. The Morgan fingerprint density at radius 2 is 0.536 bits per heavy atom. The van der Waals surface area contributed by atoms with Gasteiger partial charge in [-0.25, -0.2) is 29.9 Å². The second-order valence-electron chi connectivity index (χ2n) is 23.3. The summed E-state index contributed by atoms with van der Waals surface area (Å²) >= 11 is 0. The maximum Gasteiger partial charge on any atom is 0.164 e. The minimum absolute atomic E-state index is 0.0220. The molecular formula is C70H74N8O6. The van der Waals surface area contributed by atoms with Gasteiger partial charge in [-0.3, -0.25) is 0 Å². The van der Waals surface area contributed by atoms with Crippen LogP contribution in [-0.2, 0) is 0 Å². The average molecular weight is 1120 g/mol. The molecule has 0 spiro atoms. The van der Waals surface area contributed by atoms with E-state index in [1.165, 1.54) is 33.4 Å². The molecular weight excluding hydrogens is 1050 g/mol. The molecule has 3 aromatic heterocycles. The second-order valence-corrected chi connectivity index (χ2v) is 23.3. The molecule has 5 heterocycles. The molecule has 2 N–H and O–H groups in total. The molecule has 6 aromatic carbocycles. The molecule has 10 bridgehead atoms. The molecule has 0 saturated heterocycles. The molecule has 14 nitrogen and oxygen atoms in total. The molecule has 6 atom stereocenters. The van der Waals surface area contributed by atoms with Crippen LogP contribution in [0.3, 0.4) is 0 Å². The number of hydrogen-bond acceptors (Lipinski definition) is 12. The fourth-order valence-corrected chi connectivity index (χ4v) is 11.8. The van der Waals surface area contributed by atoms with Gasteiger partial charge in [0, 0.05) is 55.6 Å². The lowest BCUT2D eigenvalue weighted by Gasteiger charge is -2.42. The van der Waals surface area contributed by atoms with E-state index in [0.717, 1.165) is 82.3 Å². The van der Waals surface area contributed by atoms with Gasteiger partial charge >= 0.3 is 0 Å². The first kappa shape index (κ1) is 54.7. The van der Waals surface area contributed by atoms with Gasteiger partial charge in [0.15, 0.2) is 57.8 Å². The first-order valence-electron chi connectivity index (χ1n) is 30.5. The van der Waals surface area contributed by atoms with E-state index in [9.17, 15) is 0 Å². The monoisotopic (exact) mass is 1120 g/mol. The van der Waals surface area contributed by atoms with Crippen LogP contribution in [0.4, 0.5) is 0 Å². The van der Waals surface area contributed by atoms with Crippen molar-refractivity contribution < 1.29 is 28.4 Å². The highest BCUT2D eigenvalue weighted by atomic mass is 16.5. The number of hydrogen-bond donors (Lipinski definition) is 2. The van der Waals surface area contributed by atoms with Crippen LogP contribution in [0.1, 0.15) is 167 Å². The smallest absolute Gasteiger partial charge is 0.164 e. The maximum absolute atomic E-state index is 6.72. The van der Waals surface area contributed by atoms with Crippen LogP contribution in [0.15, 0.2) is 97.1 Å². The highest BCUT2D eigenvalue weighted by Crippen LogP contribution is 2.57. The minimum Gasteiger partial charge on any atom is -0.487 e. The predicted molar refractivity (Wildman–Crippen MR) is 333 cm³/mol. The molecule has 430 valence electrons. The van der Waals surface area contributed by atoms with Crippen LogP contribution in [-0.4, -0.2) is 76.5 Å². The topological polar surface area (TPSA) is 164 Å².